The fourth-order valence-electron chi connectivity index (χ4n) is 0.769. The largest absolute Gasteiger partial charge is 0.294 e. The predicted octanol–water partition coefficient (Wildman–Crippen LogP) is 2.28. The van der Waals surface area contributed by atoms with Crippen molar-refractivity contribution in [1.82, 2.24) is 0 Å². The molecule has 0 aliphatic heterocycles. The quantitative estimate of drug-likeness (QED) is 0.568. The third-order valence-corrected chi connectivity index (χ3v) is 1.32. The van der Waals surface area contributed by atoms with Gasteiger partial charge in [-0.25, -0.2) is 0 Å². The Labute approximate surface area is 62.1 Å². The van der Waals surface area contributed by atoms with Crippen LogP contribution in [-0.2, 0) is 0 Å². The van der Waals surface area contributed by atoms with Crippen LogP contribution in [0.5, 0.6) is 0 Å². The van der Waals surface area contributed by atoms with Gasteiger partial charge >= 0.3 is 0 Å². The molecule has 1 heteroatoms. The van der Waals surface area contributed by atoms with Gasteiger partial charge in [-0.2, -0.15) is 0 Å². The van der Waals surface area contributed by atoms with Gasteiger partial charge in [-0.15, -0.1) is 0 Å². The Kier molecular flexibility index (Phi) is 1.79. The zero-order chi connectivity index (χ0) is 8.27. The van der Waals surface area contributed by atoms with Gasteiger partial charge in [0.1, 0.15) is 0 Å². The molecule has 1 aromatic carbocycles. The summed E-state index contributed by atoms with van der Waals surface area (Å²) in [7, 11) is 0. The fourth-order valence-corrected chi connectivity index (χ4v) is 0.769. The normalized spacial score (nSPS) is 13.9. The molecule has 0 saturated carbocycles. The topological polar surface area (TPSA) is 17.1 Å². The van der Waals surface area contributed by atoms with Crippen LogP contribution in [0.15, 0.2) is 30.3 Å². The summed E-state index contributed by atoms with van der Waals surface area (Å²) in [5.74, 6) is -0.120. The molecular formula is C9H10O. The SMILES string of the molecule is [2H]C(C)C(=O)c1ccccc1. The van der Waals surface area contributed by atoms with Crippen molar-refractivity contribution >= 4 is 5.78 Å². The van der Waals surface area contributed by atoms with E-state index in [4.69, 9.17) is 1.37 Å². The first-order valence-electron chi connectivity index (χ1n) is 3.81. The zero-order valence-electron chi connectivity index (χ0n) is 6.87. The molecule has 0 radical (unpaired) electrons. The Morgan fingerprint density at radius 2 is 2.10 bits per heavy atom. The van der Waals surface area contributed by atoms with E-state index in [-0.39, 0.29) is 5.78 Å². The maximum atomic E-state index is 11.2. The molecule has 1 unspecified atom stereocenters. The fraction of sp³-hybridized carbons (Fsp3) is 0.222. The van der Waals surface area contributed by atoms with Crippen LogP contribution in [0.4, 0.5) is 0 Å². The van der Waals surface area contributed by atoms with E-state index in [9.17, 15) is 4.79 Å². The Bertz CT molecular complexity index is 241. The molecule has 0 heterocycles. The van der Waals surface area contributed by atoms with Gasteiger partial charge in [-0.3, -0.25) is 4.79 Å². The van der Waals surface area contributed by atoms with Gasteiger partial charge in [0.15, 0.2) is 5.78 Å². The minimum atomic E-state index is -0.655. The molecule has 0 aliphatic carbocycles. The first-order chi connectivity index (χ1) is 5.22. The molecule has 1 aromatic rings. The molecule has 0 N–H and O–H groups in total. The molecule has 0 bridgehead atoms. The smallest absolute Gasteiger partial charge is 0.162 e. The van der Waals surface area contributed by atoms with Crippen molar-refractivity contribution in [3.05, 3.63) is 35.9 Å². The van der Waals surface area contributed by atoms with Crippen LogP contribution in [0.1, 0.15) is 25.0 Å². The molecule has 0 fully saturated rings. The van der Waals surface area contributed by atoms with Crippen LogP contribution in [0.3, 0.4) is 0 Å². The summed E-state index contributed by atoms with van der Waals surface area (Å²) >= 11 is 0. The average Bonchev–Trinajstić information content (AvgIpc) is 2.05. The average molecular weight is 135 g/mol. The van der Waals surface area contributed by atoms with E-state index in [1.807, 2.05) is 6.07 Å². The molecule has 0 saturated heterocycles. The summed E-state index contributed by atoms with van der Waals surface area (Å²) in [6.45, 7) is 1.58. The van der Waals surface area contributed by atoms with Gasteiger partial charge in [-0.05, 0) is 0 Å². The van der Waals surface area contributed by atoms with E-state index in [1.54, 1.807) is 31.2 Å². The standard InChI is InChI=1S/C9H10O/c1-2-9(10)8-6-4-3-5-7-8/h3-7H,2H2,1H3/i2D. The van der Waals surface area contributed by atoms with Gasteiger partial charge in [0, 0.05) is 13.3 Å². The van der Waals surface area contributed by atoms with Gasteiger partial charge in [-0.1, -0.05) is 37.3 Å². The van der Waals surface area contributed by atoms with E-state index in [0.29, 0.717) is 5.56 Å². The van der Waals surface area contributed by atoms with Crippen molar-refractivity contribution < 1.29 is 6.17 Å². The van der Waals surface area contributed by atoms with Crippen molar-refractivity contribution in [3.8, 4) is 0 Å². The first kappa shape index (κ1) is 5.66. The summed E-state index contributed by atoms with van der Waals surface area (Å²) in [5, 5.41) is 0. The van der Waals surface area contributed by atoms with Crippen LogP contribution in [-0.4, -0.2) is 5.78 Å². The number of hydrogen-bond donors (Lipinski definition) is 0. The van der Waals surface area contributed by atoms with E-state index in [1.165, 1.54) is 0 Å². The van der Waals surface area contributed by atoms with Crippen LogP contribution in [0.2, 0.25) is 0 Å². The zero-order valence-corrected chi connectivity index (χ0v) is 5.87. The second kappa shape index (κ2) is 3.16. The summed E-state index contributed by atoms with van der Waals surface area (Å²) in [6.07, 6.45) is -0.655. The maximum absolute atomic E-state index is 11.2. The second-order valence-electron chi connectivity index (χ2n) is 2.02. The number of rotatable bonds is 2. The lowest BCUT2D eigenvalue weighted by molar-refractivity contribution is 0.0988. The van der Waals surface area contributed by atoms with Crippen molar-refractivity contribution in [3.63, 3.8) is 0 Å². The number of Topliss-reactive ketones (excluding diaryl/α,β-unsaturated/α-hetero) is 1. The van der Waals surface area contributed by atoms with E-state index >= 15 is 0 Å². The molecule has 1 atom stereocenters. The van der Waals surface area contributed by atoms with E-state index in [0.717, 1.165) is 0 Å². The minimum absolute atomic E-state index is 0.120. The van der Waals surface area contributed by atoms with Crippen LogP contribution >= 0.6 is 0 Å². The predicted molar refractivity (Wildman–Crippen MR) is 41.1 cm³/mol. The number of hydrogen-bond acceptors (Lipinski definition) is 1. The number of carbonyl (C=O) groups excluding carboxylic acids is 1. The highest BCUT2D eigenvalue weighted by Gasteiger charge is 1.98. The van der Waals surface area contributed by atoms with Crippen LogP contribution in [0.25, 0.3) is 0 Å². The summed E-state index contributed by atoms with van der Waals surface area (Å²) in [6, 6.07) is 8.91. The molecule has 1 nitrogen and oxygen atoms in total. The third-order valence-electron chi connectivity index (χ3n) is 1.32. The van der Waals surface area contributed by atoms with Gasteiger partial charge in [0.05, 0.1) is 0 Å². The summed E-state index contributed by atoms with van der Waals surface area (Å²) in [5.41, 5.74) is 0.620. The molecule has 10 heavy (non-hydrogen) atoms. The molecule has 0 spiro atoms. The highest BCUT2D eigenvalue weighted by molar-refractivity contribution is 5.95. The lowest BCUT2D eigenvalue weighted by Gasteiger charge is -1.93. The summed E-state index contributed by atoms with van der Waals surface area (Å²) in [4.78, 5) is 11.2. The van der Waals surface area contributed by atoms with E-state index in [2.05, 4.69) is 0 Å². The molecule has 52 valence electrons. The Morgan fingerprint density at radius 1 is 1.50 bits per heavy atom. The number of carbonyl (C=O) groups is 1. The van der Waals surface area contributed by atoms with Crippen LogP contribution in [0, 0.1) is 0 Å². The van der Waals surface area contributed by atoms with Crippen molar-refractivity contribution in [2.75, 3.05) is 0 Å². The highest BCUT2D eigenvalue weighted by atomic mass is 16.1. The van der Waals surface area contributed by atoms with Gasteiger partial charge in [0.2, 0.25) is 0 Å². The van der Waals surface area contributed by atoms with Crippen molar-refractivity contribution in [1.29, 1.82) is 0 Å². The molecule has 0 amide bonds. The Balaban J connectivity index is 2.86. The number of benzene rings is 1. The number of ketones is 1. The lowest BCUT2D eigenvalue weighted by atomic mass is 10.1. The first-order valence-corrected chi connectivity index (χ1v) is 3.23. The van der Waals surface area contributed by atoms with Crippen molar-refractivity contribution in [2.24, 2.45) is 0 Å². The van der Waals surface area contributed by atoms with Gasteiger partial charge in [0.25, 0.3) is 0 Å². The van der Waals surface area contributed by atoms with Gasteiger partial charge < -0.3 is 0 Å². The molecule has 0 aromatic heterocycles. The monoisotopic (exact) mass is 135 g/mol. The molecule has 0 aliphatic rings. The highest BCUT2D eigenvalue weighted by Crippen LogP contribution is 2.01. The van der Waals surface area contributed by atoms with Crippen molar-refractivity contribution in [2.45, 2.75) is 13.3 Å². The third kappa shape index (κ3) is 1.44. The molecular weight excluding hydrogens is 124 g/mol. The Morgan fingerprint density at radius 3 is 2.60 bits per heavy atom. The summed E-state index contributed by atoms with van der Waals surface area (Å²) < 4.78 is 7.17. The maximum Gasteiger partial charge on any atom is 0.162 e. The molecule has 1 rings (SSSR count). The lowest BCUT2D eigenvalue weighted by Crippen LogP contribution is -1.94. The minimum Gasteiger partial charge on any atom is -0.294 e. The van der Waals surface area contributed by atoms with E-state index < -0.39 is 6.40 Å². The Hall–Kier alpha value is -1.11. The second-order valence-corrected chi connectivity index (χ2v) is 2.02. The van der Waals surface area contributed by atoms with Crippen LogP contribution < -0.4 is 0 Å².